The Kier molecular flexibility index (Phi) is 4.38. The number of imide groups is 2. The molecular formula is C18H14FN3O3. The zero-order chi connectivity index (χ0) is 18.0. The number of benzene rings is 2. The molecule has 7 heteroatoms. The van der Waals surface area contributed by atoms with Crippen LogP contribution in [0.5, 0.6) is 0 Å². The van der Waals surface area contributed by atoms with Gasteiger partial charge in [-0.3, -0.25) is 19.9 Å². The minimum atomic E-state index is -1.32. The number of aryl methyl sites for hydroxylation is 1. The van der Waals surface area contributed by atoms with Crippen molar-refractivity contribution < 1.29 is 18.8 Å². The summed E-state index contributed by atoms with van der Waals surface area (Å²) in [4.78, 5) is 41.6. The zero-order valence-corrected chi connectivity index (χ0v) is 13.3. The number of carbonyl (C=O) groups excluding carboxylic acids is 3. The van der Waals surface area contributed by atoms with Crippen LogP contribution in [0.3, 0.4) is 0 Å². The summed E-state index contributed by atoms with van der Waals surface area (Å²) >= 11 is 0. The second-order valence-corrected chi connectivity index (χ2v) is 5.46. The molecule has 6 nitrogen and oxygen atoms in total. The van der Waals surface area contributed by atoms with E-state index in [0.717, 1.165) is 11.1 Å². The first-order valence-corrected chi connectivity index (χ1v) is 7.52. The largest absolute Gasteiger partial charge is 0.335 e. The molecule has 0 aliphatic carbocycles. The average Bonchev–Trinajstić information content (AvgIpc) is 2.57. The summed E-state index contributed by atoms with van der Waals surface area (Å²) in [6.45, 7) is 1.74. The number of amides is 4. The van der Waals surface area contributed by atoms with Crippen LogP contribution in [0.25, 0.3) is 0 Å². The molecule has 1 aliphatic rings. The molecule has 0 unspecified atom stereocenters. The van der Waals surface area contributed by atoms with Gasteiger partial charge in [0.1, 0.15) is 5.82 Å². The van der Waals surface area contributed by atoms with Gasteiger partial charge in [0.05, 0.1) is 11.4 Å². The van der Waals surface area contributed by atoms with Crippen LogP contribution in [-0.2, 0) is 9.59 Å². The molecule has 25 heavy (non-hydrogen) atoms. The summed E-state index contributed by atoms with van der Waals surface area (Å²) in [5.74, 6) is -3.42. The molecule has 1 N–H and O–H groups in total. The van der Waals surface area contributed by atoms with E-state index in [1.165, 1.54) is 18.2 Å². The van der Waals surface area contributed by atoms with Crippen molar-refractivity contribution in [2.45, 2.75) is 6.92 Å². The molecule has 0 saturated carbocycles. The Balaban J connectivity index is 1.94. The van der Waals surface area contributed by atoms with E-state index in [2.05, 4.69) is 10.3 Å². The van der Waals surface area contributed by atoms with Gasteiger partial charge in [0, 0.05) is 6.21 Å². The van der Waals surface area contributed by atoms with Crippen molar-refractivity contribution in [3.8, 4) is 0 Å². The van der Waals surface area contributed by atoms with Crippen molar-refractivity contribution in [1.29, 1.82) is 0 Å². The Labute approximate surface area is 143 Å². The number of carbonyl (C=O) groups is 3. The Morgan fingerprint density at radius 1 is 1.08 bits per heavy atom. The lowest BCUT2D eigenvalue weighted by molar-refractivity contribution is -0.131. The van der Waals surface area contributed by atoms with E-state index in [1.807, 2.05) is 0 Å². The molecule has 1 aliphatic heterocycles. The van der Waals surface area contributed by atoms with Crippen molar-refractivity contribution in [3.05, 3.63) is 59.9 Å². The average molecular weight is 339 g/mol. The monoisotopic (exact) mass is 339 g/mol. The van der Waals surface area contributed by atoms with Crippen LogP contribution in [0.4, 0.5) is 20.6 Å². The zero-order valence-electron chi connectivity index (χ0n) is 13.3. The fourth-order valence-electron chi connectivity index (χ4n) is 2.48. The van der Waals surface area contributed by atoms with Gasteiger partial charge in [0.25, 0.3) is 5.91 Å². The molecule has 0 bridgehead atoms. The fourth-order valence-corrected chi connectivity index (χ4v) is 2.48. The number of para-hydroxylation sites is 2. The number of halogens is 1. The summed E-state index contributed by atoms with van der Waals surface area (Å²) < 4.78 is 13.6. The fraction of sp³-hybridized carbons (Fsp3) is 0.111. The molecule has 0 spiro atoms. The van der Waals surface area contributed by atoms with Crippen molar-refractivity contribution in [2.75, 3.05) is 4.90 Å². The molecule has 2 aromatic carbocycles. The first-order valence-electron chi connectivity index (χ1n) is 7.52. The Hall–Kier alpha value is -3.35. The molecule has 1 fully saturated rings. The van der Waals surface area contributed by atoms with Gasteiger partial charge in [0.15, 0.2) is 5.92 Å². The normalized spacial score (nSPS) is 17.9. The van der Waals surface area contributed by atoms with Crippen LogP contribution < -0.4 is 10.2 Å². The molecule has 1 saturated heterocycles. The number of rotatable bonds is 3. The maximum Gasteiger partial charge on any atom is 0.335 e. The summed E-state index contributed by atoms with van der Waals surface area (Å²) in [7, 11) is 0. The second kappa shape index (κ2) is 6.64. The number of nitrogens with one attached hydrogen (secondary N) is 1. The first kappa shape index (κ1) is 16.5. The second-order valence-electron chi connectivity index (χ2n) is 5.46. The van der Waals surface area contributed by atoms with Gasteiger partial charge in [-0.1, -0.05) is 30.3 Å². The molecular weight excluding hydrogens is 325 g/mol. The lowest BCUT2D eigenvalue weighted by Crippen LogP contribution is -2.58. The third-order valence-corrected chi connectivity index (χ3v) is 3.77. The van der Waals surface area contributed by atoms with Crippen molar-refractivity contribution in [2.24, 2.45) is 10.9 Å². The van der Waals surface area contributed by atoms with E-state index in [-0.39, 0.29) is 5.69 Å². The van der Waals surface area contributed by atoms with Gasteiger partial charge in [-0.05, 0) is 30.7 Å². The van der Waals surface area contributed by atoms with E-state index in [1.54, 1.807) is 37.3 Å². The van der Waals surface area contributed by atoms with E-state index in [4.69, 9.17) is 0 Å². The van der Waals surface area contributed by atoms with Crippen molar-refractivity contribution in [1.82, 2.24) is 5.32 Å². The third kappa shape index (κ3) is 3.16. The lowest BCUT2D eigenvalue weighted by Gasteiger charge is -2.29. The van der Waals surface area contributed by atoms with Crippen LogP contribution in [0.15, 0.2) is 53.5 Å². The highest BCUT2D eigenvalue weighted by atomic mass is 19.1. The molecule has 0 radical (unpaired) electrons. The van der Waals surface area contributed by atoms with Crippen LogP contribution in [0.1, 0.15) is 5.56 Å². The first-order chi connectivity index (χ1) is 12.0. The van der Waals surface area contributed by atoms with Crippen LogP contribution in [0, 0.1) is 18.7 Å². The molecule has 3 rings (SSSR count). The third-order valence-electron chi connectivity index (χ3n) is 3.77. The maximum atomic E-state index is 13.6. The van der Waals surface area contributed by atoms with Gasteiger partial charge in [-0.25, -0.2) is 14.1 Å². The van der Waals surface area contributed by atoms with E-state index >= 15 is 0 Å². The van der Waals surface area contributed by atoms with Crippen LogP contribution in [-0.4, -0.2) is 24.1 Å². The highest BCUT2D eigenvalue weighted by Crippen LogP contribution is 2.24. The predicted molar refractivity (Wildman–Crippen MR) is 90.2 cm³/mol. The van der Waals surface area contributed by atoms with Crippen molar-refractivity contribution in [3.63, 3.8) is 0 Å². The number of barbiturate groups is 1. The molecule has 4 amide bonds. The molecule has 126 valence electrons. The summed E-state index contributed by atoms with van der Waals surface area (Å²) in [6.07, 6.45) is 1.05. The number of aliphatic imine (C=N–C) groups is 1. The van der Waals surface area contributed by atoms with Gasteiger partial charge in [-0.15, -0.1) is 0 Å². The summed E-state index contributed by atoms with van der Waals surface area (Å²) in [5, 5.41) is 2.13. The standard InChI is InChI=1S/C18H14FN3O3/c1-11-6-2-5-9-15(11)22-17(24)12(16(23)21-18(22)25)10-20-14-8-4-3-7-13(14)19/h2-10,12H,1H3,(H,21,23,25)/t12-/m0/s1. The quantitative estimate of drug-likeness (QED) is 0.690. The summed E-state index contributed by atoms with van der Waals surface area (Å²) in [5.41, 5.74) is 1.08. The van der Waals surface area contributed by atoms with Crippen molar-refractivity contribution >= 4 is 35.4 Å². The van der Waals surface area contributed by atoms with Gasteiger partial charge in [0.2, 0.25) is 5.91 Å². The molecule has 2 aromatic rings. The smallest absolute Gasteiger partial charge is 0.276 e. The van der Waals surface area contributed by atoms with E-state index in [9.17, 15) is 18.8 Å². The number of anilines is 1. The van der Waals surface area contributed by atoms with Gasteiger partial charge < -0.3 is 0 Å². The van der Waals surface area contributed by atoms with E-state index < -0.39 is 29.6 Å². The maximum absolute atomic E-state index is 13.6. The highest BCUT2D eigenvalue weighted by molar-refractivity contribution is 6.32. The number of hydrogen-bond donors (Lipinski definition) is 1. The lowest BCUT2D eigenvalue weighted by atomic mass is 10.0. The Morgan fingerprint density at radius 2 is 1.76 bits per heavy atom. The topological polar surface area (TPSA) is 78.8 Å². The molecule has 1 heterocycles. The van der Waals surface area contributed by atoms with Crippen LogP contribution >= 0.6 is 0 Å². The Bertz CT molecular complexity index is 895. The molecule has 0 aromatic heterocycles. The number of hydrogen-bond acceptors (Lipinski definition) is 4. The predicted octanol–water partition coefficient (Wildman–Crippen LogP) is 2.74. The van der Waals surface area contributed by atoms with Crippen LogP contribution in [0.2, 0.25) is 0 Å². The minimum Gasteiger partial charge on any atom is -0.276 e. The summed E-state index contributed by atoms with van der Waals surface area (Å²) in [6, 6.07) is 11.7. The minimum absolute atomic E-state index is 0.00226. The number of urea groups is 1. The van der Waals surface area contributed by atoms with Gasteiger partial charge in [-0.2, -0.15) is 0 Å². The Morgan fingerprint density at radius 3 is 2.48 bits per heavy atom. The number of nitrogens with zero attached hydrogens (tertiary/aromatic N) is 2. The highest BCUT2D eigenvalue weighted by Gasteiger charge is 2.40. The van der Waals surface area contributed by atoms with Gasteiger partial charge >= 0.3 is 6.03 Å². The van der Waals surface area contributed by atoms with E-state index in [0.29, 0.717) is 11.3 Å². The SMILES string of the molecule is Cc1ccccc1N1C(=O)NC(=O)[C@H](C=Nc2ccccc2F)C1=O. The molecule has 1 atom stereocenters.